The van der Waals surface area contributed by atoms with Crippen LogP contribution in [0.1, 0.15) is 19.8 Å². The fourth-order valence-corrected chi connectivity index (χ4v) is 2.29. The molecule has 0 aliphatic carbocycles. The Balaban J connectivity index is 1.93. The first-order chi connectivity index (χ1) is 5.81. The minimum Gasteiger partial charge on any atom is -0.465 e. The molecule has 0 aromatic carbocycles. The lowest BCUT2D eigenvalue weighted by Gasteiger charge is -2.22. The van der Waals surface area contributed by atoms with Gasteiger partial charge in [0.2, 0.25) is 0 Å². The van der Waals surface area contributed by atoms with Gasteiger partial charge in [-0.25, -0.2) is 0 Å². The number of nitrogens with zero attached hydrogens (tertiary/aromatic N) is 1. The number of carbonyl (C=O) groups is 1. The Morgan fingerprint density at radius 1 is 1.67 bits per heavy atom. The molecule has 0 radical (unpaired) electrons. The minimum atomic E-state index is -0.0142. The van der Waals surface area contributed by atoms with E-state index in [1.165, 1.54) is 6.42 Å². The molecule has 12 heavy (non-hydrogen) atoms. The van der Waals surface area contributed by atoms with E-state index in [2.05, 4.69) is 4.90 Å². The van der Waals surface area contributed by atoms with Crippen molar-refractivity contribution in [1.29, 1.82) is 0 Å². The van der Waals surface area contributed by atoms with Crippen LogP contribution in [0.25, 0.3) is 0 Å². The van der Waals surface area contributed by atoms with Crippen LogP contribution < -0.4 is 0 Å². The van der Waals surface area contributed by atoms with Crippen molar-refractivity contribution in [1.82, 2.24) is 4.90 Å². The number of rotatable bonds is 2. The smallest absolute Gasteiger partial charge is 0.323 e. The number of carbonyl (C=O) groups excluding carboxylic acids is 1. The first kappa shape index (κ1) is 8.05. The van der Waals surface area contributed by atoms with E-state index in [0.29, 0.717) is 6.61 Å². The Labute approximate surface area is 72.7 Å². The molecule has 3 heteroatoms. The SMILES string of the molecule is CCOC(=O)[C@H]1C[C@H]2CCN1C2. The third-order valence-corrected chi connectivity index (χ3v) is 2.87. The van der Waals surface area contributed by atoms with E-state index in [1.807, 2.05) is 6.92 Å². The summed E-state index contributed by atoms with van der Waals surface area (Å²) >= 11 is 0. The van der Waals surface area contributed by atoms with E-state index in [1.54, 1.807) is 0 Å². The maximum atomic E-state index is 11.4. The summed E-state index contributed by atoms with van der Waals surface area (Å²) in [4.78, 5) is 13.6. The number of esters is 1. The standard InChI is InChI=1S/C9H15NO2/c1-2-12-9(11)8-5-7-3-4-10(8)6-7/h7-8H,2-6H2,1H3/t7-,8-/m1/s1. The number of piperidine rings is 1. The molecule has 2 saturated heterocycles. The summed E-state index contributed by atoms with van der Waals surface area (Å²) in [6.45, 7) is 4.58. The molecule has 0 aromatic heterocycles. The van der Waals surface area contributed by atoms with Gasteiger partial charge in [0.15, 0.2) is 0 Å². The van der Waals surface area contributed by atoms with E-state index in [0.717, 1.165) is 25.4 Å². The third-order valence-electron chi connectivity index (χ3n) is 2.87. The lowest BCUT2D eigenvalue weighted by Crippen LogP contribution is -2.37. The minimum absolute atomic E-state index is 0.0142. The van der Waals surface area contributed by atoms with Gasteiger partial charge < -0.3 is 4.74 Å². The van der Waals surface area contributed by atoms with Gasteiger partial charge in [-0.05, 0) is 32.2 Å². The summed E-state index contributed by atoms with van der Waals surface area (Å²) in [6.07, 6.45) is 2.30. The van der Waals surface area contributed by atoms with E-state index in [-0.39, 0.29) is 12.0 Å². The summed E-state index contributed by atoms with van der Waals surface area (Å²) in [6, 6.07) is 0.0868. The van der Waals surface area contributed by atoms with E-state index in [4.69, 9.17) is 4.74 Å². The highest BCUT2D eigenvalue weighted by Gasteiger charge is 2.41. The van der Waals surface area contributed by atoms with Gasteiger partial charge in [0, 0.05) is 6.54 Å². The highest BCUT2D eigenvalue weighted by molar-refractivity contribution is 5.76. The molecule has 3 nitrogen and oxygen atoms in total. The van der Waals surface area contributed by atoms with Crippen LogP contribution in [0.3, 0.4) is 0 Å². The maximum Gasteiger partial charge on any atom is 0.323 e. The molecule has 0 N–H and O–H groups in total. The summed E-state index contributed by atoms with van der Waals surface area (Å²) in [5, 5.41) is 0. The van der Waals surface area contributed by atoms with Crippen LogP contribution in [-0.4, -0.2) is 36.6 Å². The molecule has 2 bridgehead atoms. The van der Waals surface area contributed by atoms with E-state index in [9.17, 15) is 4.79 Å². The van der Waals surface area contributed by atoms with Gasteiger partial charge in [-0.1, -0.05) is 0 Å². The van der Waals surface area contributed by atoms with Crippen LogP contribution >= 0.6 is 0 Å². The van der Waals surface area contributed by atoms with Crippen molar-refractivity contribution in [3.63, 3.8) is 0 Å². The normalized spacial score (nSPS) is 38.6. The van der Waals surface area contributed by atoms with Gasteiger partial charge in [-0.2, -0.15) is 0 Å². The van der Waals surface area contributed by atoms with Gasteiger partial charge >= 0.3 is 5.97 Å². The van der Waals surface area contributed by atoms with Gasteiger partial charge in [0.05, 0.1) is 6.61 Å². The van der Waals surface area contributed by atoms with Crippen molar-refractivity contribution in [2.75, 3.05) is 19.7 Å². The molecule has 0 spiro atoms. The van der Waals surface area contributed by atoms with E-state index >= 15 is 0 Å². The Morgan fingerprint density at radius 2 is 2.50 bits per heavy atom. The topological polar surface area (TPSA) is 29.5 Å². The Kier molecular flexibility index (Phi) is 2.05. The molecule has 2 aliphatic rings. The Hall–Kier alpha value is -0.570. The molecule has 68 valence electrons. The van der Waals surface area contributed by atoms with Crippen molar-refractivity contribution >= 4 is 5.97 Å². The van der Waals surface area contributed by atoms with Gasteiger partial charge in [0.25, 0.3) is 0 Å². The first-order valence-electron chi connectivity index (χ1n) is 4.72. The Morgan fingerprint density at radius 3 is 3.00 bits per heavy atom. The zero-order valence-corrected chi connectivity index (χ0v) is 7.45. The van der Waals surface area contributed by atoms with Crippen LogP contribution in [0, 0.1) is 5.92 Å². The summed E-state index contributed by atoms with van der Waals surface area (Å²) in [5.74, 6) is 0.749. The molecule has 2 aliphatic heterocycles. The van der Waals surface area contributed by atoms with Crippen LogP contribution in [0.2, 0.25) is 0 Å². The average Bonchev–Trinajstić information content (AvgIpc) is 2.64. The average molecular weight is 169 g/mol. The first-order valence-corrected chi connectivity index (χ1v) is 4.72. The molecule has 2 heterocycles. The molecule has 3 atom stereocenters. The summed E-state index contributed by atoms with van der Waals surface area (Å²) < 4.78 is 5.00. The fourth-order valence-electron chi connectivity index (χ4n) is 2.29. The van der Waals surface area contributed by atoms with Crippen molar-refractivity contribution in [2.45, 2.75) is 25.8 Å². The number of hydrogen-bond donors (Lipinski definition) is 0. The van der Waals surface area contributed by atoms with Crippen molar-refractivity contribution in [3.05, 3.63) is 0 Å². The summed E-state index contributed by atoms with van der Waals surface area (Å²) in [7, 11) is 0. The van der Waals surface area contributed by atoms with Gasteiger partial charge in [0.1, 0.15) is 6.04 Å². The second-order valence-corrected chi connectivity index (χ2v) is 3.65. The molecular formula is C9H15NO2. The second-order valence-electron chi connectivity index (χ2n) is 3.65. The highest BCUT2D eigenvalue weighted by Crippen LogP contribution is 2.33. The zero-order valence-electron chi connectivity index (χ0n) is 7.45. The predicted molar refractivity (Wildman–Crippen MR) is 44.7 cm³/mol. The largest absolute Gasteiger partial charge is 0.465 e. The molecule has 0 amide bonds. The highest BCUT2D eigenvalue weighted by atomic mass is 16.5. The van der Waals surface area contributed by atoms with Crippen molar-refractivity contribution in [3.8, 4) is 0 Å². The van der Waals surface area contributed by atoms with Gasteiger partial charge in [-0.3, -0.25) is 9.69 Å². The lowest BCUT2D eigenvalue weighted by molar-refractivity contribution is -0.148. The van der Waals surface area contributed by atoms with Crippen LogP contribution in [0.15, 0.2) is 0 Å². The second kappa shape index (κ2) is 3.05. The maximum absolute atomic E-state index is 11.4. The van der Waals surface area contributed by atoms with Crippen LogP contribution in [0.5, 0.6) is 0 Å². The summed E-state index contributed by atoms with van der Waals surface area (Å²) in [5.41, 5.74) is 0. The molecule has 1 unspecified atom stereocenters. The molecule has 2 rings (SSSR count). The number of hydrogen-bond acceptors (Lipinski definition) is 3. The molecule has 0 saturated carbocycles. The fraction of sp³-hybridized carbons (Fsp3) is 0.889. The molecular weight excluding hydrogens is 154 g/mol. The quantitative estimate of drug-likeness (QED) is 0.568. The monoisotopic (exact) mass is 169 g/mol. The number of ether oxygens (including phenoxy) is 1. The van der Waals surface area contributed by atoms with E-state index < -0.39 is 0 Å². The zero-order chi connectivity index (χ0) is 8.55. The number of fused-ring (bicyclic) bond motifs is 2. The van der Waals surface area contributed by atoms with Crippen LogP contribution in [-0.2, 0) is 9.53 Å². The predicted octanol–water partition coefficient (Wildman–Crippen LogP) is 0.644. The van der Waals surface area contributed by atoms with Crippen molar-refractivity contribution < 1.29 is 9.53 Å². The lowest BCUT2D eigenvalue weighted by atomic mass is 10.0. The van der Waals surface area contributed by atoms with Gasteiger partial charge in [-0.15, -0.1) is 0 Å². The molecule has 2 fully saturated rings. The molecule has 0 aromatic rings. The van der Waals surface area contributed by atoms with Crippen molar-refractivity contribution in [2.24, 2.45) is 5.92 Å². The van der Waals surface area contributed by atoms with Crippen LogP contribution in [0.4, 0.5) is 0 Å². The Bertz CT molecular complexity index is 193. The third kappa shape index (κ3) is 1.22.